The van der Waals surface area contributed by atoms with Crippen LogP contribution in [-0.4, -0.2) is 20.6 Å². The number of nitrogens with zero attached hydrogens (tertiary/aromatic N) is 3. The number of benzene rings is 2. The zero-order valence-electron chi connectivity index (χ0n) is 22.7. The molecule has 2 N–H and O–H groups in total. The van der Waals surface area contributed by atoms with Crippen LogP contribution in [0.3, 0.4) is 0 Å². The molecule has 6 nitrogen and oxygen atoms in total. The van der Waals surface area contributed by atoms with Crippen molar-refractivity contribution in [2.45, 2.75) is 46.7 Å². The van der Waals surface area contributed by atoms with Crippen LogP contribution in [0.4, 0.5) is 11.4 Å². The Kier molecular flexibility index (Phi) is 7.47. The third-order valence-corrected chi connectivity index (χ3v) is 7.79. The van der Waals surface area contributed by atoms with Gasteiger partial charge in [0.25, 0.3) is 0 Å². The van der Waals surface area contributed by atoms with Crippen LogP contribution >= 0.6 is 23.8 Å². The number of rotatable bonds is 6. The van der Waals surface area contributed by atoms with Crippen LogP contribution in [0, 0.1) is 26.7 Å². The highest BCUT2D eigenvalue weighted by molar-refractivity contribution is 7.80. The zero-order valence-corrected chi connectivity index (χ0v) is 24.3. The number of aromatic nitrogens is 2. The smallest absolute Gasteiger partial charge is 0.226 e. The molecule has 5 rings (SSSR count). The van der Waals surface area contributed by atoms with Crippen LogP contribution in [0.15, 0.2) is 72.9 Å². The second-order valence-corrected chi connectivity index (χ2v) is 11.1. The van der Waals surface area contributed by atoms with Crippen LogP contribution in [0.1, 0.15) is 54.1 Å². The molecular weight excluding hydrogens is 526 g/mol. The number of aryl methyl sites for hydroxylation is 2. The van der Waals surface area contributed by atoms with E-state index in [4.69, 9.17) is 23.8 Å². The Balaban J connectivity index is 1.62. The van der Waals surface area contributed by atoms with E-state index in [1.165, 1.54) is 5.56 Å². The van der Waals surface area contributed by atoms with Gasteiger partial charge in [-0.2, -0.15) is 0 Å². The maximum absolute atomic E-state index is 12.3. The van der Waals surface area contributed by atoms with Crippen LogP contribution < -0.4 is 15.5 Å². The van der Waals surface area contributed by atoms with Gasteiger partial charge in [0.1, 0.15) is 0 Å². The molecular formula is C31H32ClN5OS. The van der Waals surface area contributed by atoms with Gasteiger partial charge in [0.2, 0.25) is 5.91 Å². The Hall–Kier alpha value is -3.68. The fourth-order valence-corrected chi connectivity index (χ4v) is 5.80. The first-order chi connectivity index (χ1) is 18.7. The summed E-state index contributed by atoms with van der Waals surface area (Å²) in [4.78, 5) is 19.1. The fourth-order valence-electron chi connectivity index (χ4n) is 5.23. The number of pyridine rings is 1. The van der Waals surface area contributed by atoms with Crippen molar-refractivity contribution in [3.63, 3.8) is 0 Å². The summed E-state index contributed by atoms with van der Waals surface area (Å²) in [5, 5.41) is 7.48. The van der Waals surface area contributed by atoms with E-state index in [-0.39, 0.29) is 23.9 Å². The molecule has 1 amide bonds. The quantitative estimate of drug-likeness (QED) is 0.245. The molecule has 200 valence electrons. The van der Waals surface area contributed by atoms with E-state index in [2.05, 4.69) is 76.2 Å². The lowest BCUT2D eigenvalue weighted by atomic mass is 9.96. The van der Waals surface area contributed by atoms with E-state index in [1.807, 2.05) is 50.2 Å². The molecule has 4 aromatic rings. The van der Waals surface area contributed by atoms with Crippen molar-refractivity contribution in [3.8, 4) is 5.69 Å². The molecule has 0 radical (unpaired) electrons. The summed E-state index contributed by atoms with van der Waals surface area (Å²) in [5.41, 5.74) is 8.06. The molecule has 39 heavy (non-hydrogen) atoms. The van der Waals surface area contributed by atoms with E-state index >= 15 is 0 Å². The lowest BCUT2D eigenvalue weighted by Gasteiger charge is -2.28. The number of anilines is 2. The van der Waals surface area contributed by atoms with E-state index < -0.39 is 0 Å². The van der Waals surface area contributed by atoms with Crippen molar-refractivity contribution in [2.75, 3.05) is 10.2 Å². The lowest BCUT2D eigenvalue weighted by molar-refractivity contribution is -0.118. The molecule has 1 aliphatic heterocycles. The minimum Gasteiger partial charge on any atom is -0.351 e. The minimum absolute atomic E-state index is 0.0836. The van der Waals surface area contributed by atoms with Gasteiger partial charge in [-0.25, -0.2) is 0 Å². The average molecular weight is 558 g/mol. The van der Waals surface area contributed by atoms with Crippen molar-refractivity contribution < 1.29 is 4.79 Å². The Morgan fingerprint density at radius 2 is 1.82 bits per heavy atom. The van der Waals surface area contributed by atoms with Gasteiger partial charge < -0.3 is 20.1 Å². The van der Waals surface area contributed by atoms with Crippen LogP contribution in [0.25, 0.3) is 5.69 Å². The molecule has 2 atom stereocenters. The molecule has 1 fully saturated rings. The van der Waals surface area contributed by atoms with Crippen molar-refractivity contribution in [2.24, 2.45) is 5.92 Å². The fraction of sp³-hybridized carbons (Fsp3) is 0.258. The largest absolute Gasteiger partial charge is 0.351 e. The first-order valence-electron chi connectivity index (χ1n) is 13.0. The van der Waals surface area contributed by atoms with Crippen LogP contribution in [0.2, 0.25) is 5.02 Å². The summed E-state index contributed by atoms with van der Waals surface area (Å²) in [6.45, 7) is 10.1. The highest BCUT2D eigenvalue weighted by Crippen LogP contribution is 2.44. The van der Waals surface area contributed by atoms with E-state index in [1.54, 1.807) is 6.20 Å². The topological polar surface area (TPSA) is 62.2 Å². The SMILES string of the molecule is Cc1cccc(-n2c(C)cc(C3C(c4ccccn4)NC(=S)N3c3ccc(NC(=O)C(C)C)c(Cl)c3)c2C)c1. The zero-order chi connectivity index (χ0) is 27.8. The number of hydrogen-bond donors (Lipinski definition) is 2. The van der Waals surface area contributed by atoms with Gasteiger partial charge in [0.05, 0.1) is 28.5 Å². The maximum atomic E-state index is 12.3. The summed E-state index contributed by atoms with van der Waals surface area (Å²) in [7, 11) is 0. The van der Waals surface area contributed by atoms with Gasteiger partial charge in [-0.15, -0.1) is 0 Å². The maximum Gasteiger partial charge on any atom is 0.226 e. The predicted molar refractivity (Wildman–Crippen MR) is 163 cm³/mol. The molecule has 2 unspecified atom stereocenters. The van der Waals surface area contributed by atoms with Crippen molar-refractivity contribution in [1.29, 1.82) is 0 Å². The number of hydrogen-bond acceptors (Lipinski definition) is 3. The standard InChI is InChI=1S/C31H32ClN5OS/c1-18(2)30(38)34-26-13-12-23(17-25(26)32)37-29(28(35-31(37)39)27-11-6-7-14-33-27)24-16-20(4)36(21(24)5)22-10-8-9-19(3)15-22/h6-18,28-29H,1-5H3,(H,34,38)(H,35,39). The van der Waals surface area contributed by atoms with Gasteiger partial charge in [0, 0.05) is 34.9 Å². The third kappa shape index (κ3) is 5.16. The number of thiocarbonyl (C=S) groups is 1. The Morgan fingerprint density at radius 1 is 1.03 bits per heavy atom. The minimum atomic E-state index is -0.177. The summed E-state index contributed by atoms with van der Waals surface area (Å²) >= 11 is 12.6. The monoisotopic (exact) mass is 557 g/mol. The molecule has 0 spiro atoms. The van der Waals surface area contributed by atoms with Crippen LogP contribution in [0.5, 0.6) is 0 Å². The molecule has 0 aliphatic carbocycles. The van der Waals surface area contributed by atoms with Crippen molar-refractivity contribution in [1.82, 2.24) is 14.9 Å². The second-order valence-electron chi connectivity index (χ2n) is 10.3. The summed E-state index contributed by atoms with van der Waals surface area (Å²) in [6, 6.07) is 22.0. The molecule has 2 aromatic heterocycles. The number of carbonyl (C=O) groups is 1. The van der Waals surface area contributed by atoms with Gasteiger partial charge >= 0.3 is 0 Å². The van der Waals surface area contributed by atoms with E-state index in [0.29, 0.717) is 15.8 Å². The Labute approximate surface area is 240 Å². The third-order valence-electron chi connectivity index (χ3n) is 7.16. The normalized spacial score (nSPS) is 17.0. The molecule has 1 aliphatic rings. The van der Waals surface area contributed by atoms with Crippen LogP contribution in [-0.2, 0) is 4.79 Å². The van der Waals surface area contributed by atoms with E-state index in [0.717, 1.165) is 34.0 Å². The summed E-state index contributed by atoms with van der Waals surface area (Å²) < 4.78 is 2.29. The molecule has 8 heteroatoms. The first-order valence-corrected chi connectivity index (χ1v) is 13.8. The Bertz CT molecular complexity index is 1550. The Morgan fingerprint density at radius 3 is 2.49 bits per heavy atom. The summed E-state index contributed by atoms with van der Waals surface area (Å²) in [5.74, 6) is -0.233. The number of amides is 1. The number of carbonyl (C=O) groups excluding carboxylic acids is 1. The summed E-state index contributed by atoms with van der Waals surface area (Å²) in [6.07, 6.45) is 1.80. The highest BCUT2D eigenvalue weighted by atomic mass is 35.5. The molecule has 0 saturated carbocycles. The second kappa shape index (κ2) is 10.8. The number of nitrogens with one attached hydrogen (secondary N) is 2. The lowest BCUT2D eigenvalue weighted by Crippen LogP contribution is -2.29. The highest BCUT2D eigenvalue weighted by Gasteiger charge is 2.42. The van der Waals surface area contributed by atoms with Gasteiger partial charge in [-0.05, 0) is 92.6 Å². The predicted octanol–water partition coefficient (Wildman–Crippen LogP) is 7.22. The van der Waals surface area contributed by atoms with E-state index in [9.17, 15) is 4.79 Å². The number of halogens is 1. The average Bonchev–Trinajstić information content (AvgIpc) is 3.40. The molecule has 2 aromatic carbocycles. The first kappa shape index (κ1) is 26.9. The molecule has 0 bridgehead atoms. The van der Waals surface area contributed by atoms with Gasteiger partial charge in [0.15, 0.2) is 5.11 Å². The van der Waals surface area contributed by atoms with Crippen molar-refractivity contribution >= 4 is 46.2 Å². The van der Waals surface area contributed by atoms with Crippen molar-refractivity contribution in [3.05, 3.63) is 106 Å². The van der Waals surface area contributed by atoms with Gasteiger partial charge in [-0.1, -0.05) is 43.6 Å². The molecule has 1 saturated heterocycles. The molecule has 3 heterocycles. The van der Waals surface area contributed by atoms with Gasteiger partial charge in [-0.3, -0.25) is 9.78 Å².